The van der Waals surface area contributed by atoms with Gasteiger partial charge in [-0.25, -0.2) is 0 Å². The standard InChI is InChI=1S/C7H12N2.C2H6/c1-4-5-7(8)6(2)9-3;1-2/h4-5H,1,8H2,2-3H3;1-2H3/b7-5+,9-6?;. The summed E-state index contributed by atoms with van der Waals surface area (Å²) in [5, 5.41) is 0. The largest absolute Gasteiger partial charge is 0.397 e. The number of aliphatic imine (C=N–C) groups is 1. The number of rotatable bonds is 2. The van der Waals surface area contributed by atoms with Gasteiger partial charge in [0.2, 0.25) is 0 Å². The van der Waals surface area contributed by atoms with E-state index in [1.54, 1.807) is 19.2 Å². The Morgan fingerprint density at radius 2 is 1.91 bits per heavy atom. The van der Waals surface area contributed by atoms with E-state index in [9.17, 15) is 0 Å². The fourth-order valence-corrected chi connectivity index (χ4v) is 0.377. The van der Waals surface area contributed by atoms with Gasteiger partial charge in [-0.05, 0) is 13.0 Å². The van der Waals surface area contributed by atoms with Crippen molar-refractivity contribution in [3.63, 3.8) is 0 Å². The molecule has 0 bridgehead atoms. The summed E-state index contributed by atoms with van der Waals surface area (Å²) in [5.74, 6) is 0. The van der Waals surface area contributed by atoms with Crippen molar-refractivity contribution in [2.24, 2.45) is 10.7 Å². The molecule has 11 heavy (non-hydrogen) atoms. The van der Waals surface area contributed by atoms with Crippen molar-refractivity contribution in [3.8, 4) is 0 Å². The van der Waals surface area contributed by atoms with Crippen molar-refractivity contribution in [2.75, 3.05) is 7.05 Å². The molecule has 0 atom stereocenters. The van der Waals surface area contributed by atoms with Gasteiger partial charge in [0.15, 0.2) is 0 Å². The second kappa shape index (κ2) is 8.95. The molecule has 2 heteroatoms. The van der Waals surface area contributed by atoms with Gasteiger partial charge < -0.3 is 5.73 Å². The van der Waals surface area contributed by atoms with Crippen LogP contribution in [0.4, 0.5) is 0 Å². The van der Waals surface area contributed by atoms with Gasteiger partial charge in [0.05, 0.1) is 11.4 Å². The Morgan fingerprint density at radius 3 is 2.18 bits per heavy atom. The van der Waals surface area contributed by atoms with Gasteiger partial charge in [-0.15, -0.1) is 0 Å². The van der Waals surface area contributed by atoms with Crippen LogP contribution in [0.15, 0.2) is 29.4 Å². The zero-order valence-electron chi connectivity index (χ0n) is 7.89. The normalized spacial score (nSPS) is 11.6. The first-order chi connectivity index (χ1) is 5.22. The molecular formula is C9H18N2. The lowest BCUT2D eigenvalue weighted by Crippen LogP contribution is -2.06. The molecule has 0 amide bonds. The Hall–Kier alpha value is -1.05. The monoisotopic (exact) mass is 154 g/mol. The summed E-state index contributed by atoms with van der Waals surface area (Å²) in [6, 6.07) is 0. The van der Waals surface area contributed by atoms with Crippen molar-refractivity contribution in [1.29, 1.82) is 0 Å². The highest BCUT2D eigenvalue weighted by molar-refractivity contribution is 5.97. The van der Waals surface area contributed by atoms with E-state index >= 15 is 0 Å². The summed E-state index contributed by atoms with van der Waals surface area (Å²) in [7, 11) is 1.71. The molecule has 0 aliphatic carbocycles. The van der Waals surface area contributed by atoms with Crippen molar-refractivity contribution in [1.82, 2.24) is 0 Å². The Kier molecular flexibility index (Phi) is 10.3. The van der Waals surface area contributed by atoms with Crippen molar-refractivity contribution < 1.29 is 0 Å². The Labute approximate surface area is 69.5 Å². The molecule has 0 unspecified atom stereocenters. The minimum Gasteiger partial charge on any atom is -0.397 e. The van der Waals surface area contributed by atoms with Gasteiger partial charge in [-0.2, -0.15) is 0 Å². The van der Waals surface area contributed by atoms with Gasteiger partial charge in [-0.3, -0.25) is 4.99 Å². The highest BCUT2D eigenvalue weighted by Gasteiger charge is 1.88. The van der Waals surface area contributed by atoms with Crippen LogP contribution in [-0.2, 0) is 0 Å². The molecule has 0 saturated heterocycles. The number of nitrogens with two attached hydrogens (primary N) is 1. The van der Waals surface area contributed by atoms with Crippen LogP contribution >= 0.6 is 0 Å². The molecule has 0 aromatic carbocycles. The number of hydrogen-bond donors (Lipinski definition) is 1. The molecule has 0 spiro atoms. The summed E-state index contributed by atoms with van der Waals surface area (Å²) in [4.78, 5) is 3.88. The smallest absolute Gasteiger partial charge is 0.0542 e. The average Bonchev–Trinajstić information content (AvgIpc) is 2.07. The summed E-state index contributed by atoms with van der Waals surface area (Å²) in [6.45, 7) is 9.36. The maximum absolute atomic E-state index is 5.50. The third kappa shape index (κ3) is 6.84. The Bertz CT molecular complexity index is 155. The predicted molar refractivity (Wildman–Crippen MR) is 52.8 cm³/mol. The molecule has 2 N–H and O–H groups in total. The van der Waals surface area contributed by atoms with E-state index in [0.29, 0.717) is 5.70 Å². The molecule has 0 aromatic rings. The quantitative estimate of drug-likeness (QED) is 0.480. The van der Waals surface area contributed by atoms with Gasteiger partial charge in [0.1, 0.15) is 0 Å². The summed E-state index contributed by atoms with van der Waals surface area (Å²) >= 11 is 0. The number of nitrogens with zero attached hydrogens (tertiary/aromatic N) is 1. The second-order valence-corrected chi connectivity index (χ2v) is 1.67. The average molecular weight is 154 g/mol. The summed E-state index contributed by atoms with van der Waals surface area (Å²) in [6.07, 6.45) is 3.37. The van der Waals surface area contributed by atoms with Crippen LogP contribution in [0.1, 0.15) is 20.8 Å². The molecule has 0 heterocycles. The van der Waals surface area contributed by atoms with Gasteiger partial charge in [0, 0.05) is 7.05 Å². The van der Waals surface area contributed by atoms with Crippen molar-refractivity contribution in [2.45, 2.75) is 20.8 Å². The maximum atomic E-state index is 5.50. The molecular weight excluding hydrogens is 136 g/mol. The van der Waals surface area contributed by atoms with Crippen LogP contribution < -0.4 is 5.73 Å². The van der Waals surface area contributed by atoms with Gasteiger partial charge in [-0.1, -0.05) is 26.5 Å². The summed E-state index contributed by atoms with van der Waals surface area (Å²) in [5.41, 5.74) is 7.01. The molecule has 0 saturated carbocycles. The van der Waals surface area contributed by atoms with E-state index in [1.807, 2.05) is 20.8 Å². The topological polar surface area (TPSA) is 38.4 Å². The second-order valence-electron chi connectivity index (χ2n) is 1.67. The fourth-order valence-electron chi connectivity index (χ4n) is 0.377. The lowest BCUT2D eigenvalue weighted by molar-refractivity contribution is 1.36. The van der Waals surface area contributed by atoms with Crippen LogP contribution in [-0.4, -0.2) is 12.8 Å². The molecule has 0 radical (unpaired) electrons. The van der Waals surface area contributed by atoms with Crippen molar-refractivity contribution >= 4 is 5.71 Å². The highest BCUT2D eigenvalue weighted by Crippen LogP contribution is 1.87. The zero-order valence-corrected chi connectivity index (χ0v) is 7.89. The van der Waals surface area contributed by atoms with Crippen LogP contribution in [0.5, 0.6) is 0 Å². The van der Waals surface area contributed by atoms with Crippen LogP contribution in [0.25, 0.3) is 0 Å². The predicted octanol–water partition coefficient (Wildman–Crippen LogP) is 2.13. The minimum absolute atomic E-state index is 0.674. The Balaban J connectivity index is 0. The van der Waals surface area contributed by atoms with Crippen molar-refractivity contribution in [3.05, 3.63) is 24.4 Å². The van der Waals surface area contributed by atoms with E-state index in [4.69, 9.17) is 5.73 Å². The molecule has 0 fully saturated rings. The SMILES string of the molecule is C=C/C=C(/N)C(C)=NC.CC. The molecule has 2 nitrogen and oxygen atoms in total. The van der Waals surface area contributed by atoms with E-state index in [1.165, 1.54) is 0 Å². The third-order valence-electron chi connectivity index (χ3n) is 1.05. The first-order valence-corrected chi connectivity index (χ1v) is 3.74. The van der Waals surface area contributed by atoms with Gasteiger partial charge in [0.25, 0.3) is 0 Å². The van der Waals surface area contributed by atoms with E-state index in [2.05, 4.69) is 11.6 Å². The van der Waals surface area contributed by atoms with Gasteiger partial charge >= 0.3 is 0 Å². The lowest BCUT2D eigenvalue weighted by atomic mass is 10.3. The molecule has 0 aliphatic rings. The maximum Gasteiger partial charge on any atom is 0.0542 e. The highest BCUT2D eigenvalue weighted by atomic mass is 14.7. The molecule has 0 aromatic heterocycles. The van der Waals surface area contributed by atoms with E-state index in [0.717, 1.165) is 5.71 Å². The first kappa shape index (κ1) is 12.6. The number of allylic oxidation sites excluding steroid dienone is 3. The van der Waals surface area contributed by atoms with Crippen LogP contribution in [0, 0.1) is 0 Å². The number of hydrogen-bond acceptors (Lipinski definition) is 2. The van der Waals surface area contributed by atoms with E-state index < -0.39 is 0 Å². The van der Waals surface area contributed by atoms with E-state index in [-0.39, 0.29) is 0 Å². The fraction of sp³-hybridized carbons (Fsp3) is 0.444. The molecule has 64 valence electrons. The lowest BCUT2D eigenvalue weighted by Gasteiger charge is -1.94. The first-order valence-electron chi connectivity index (χ1n) is 3.74. The Morgan fingerprint density at radius 1 is 1.45 bits per heavy atom. The third-order valence-corrected chi connectivity index (χ3v) is 1.05. The zero-order chi connectivity index (χ0) is 9.28. The van der Waals surface area contributed by atoms with Crippen LogP contribution in [0.3, 0.4) is 0 Å². The summed E-state index contributed by atoms with van der Waals surface area (Å²) < 4.78 is 0. The molecule has 0 rings (SSSR count). The molecule has 0 aliphatic heterocycles. The van der Waals surface area contributed by atoms with Crippen LogP contribution in [0.2, 0.25) is 0 Å². The minimum atomic E-state index is 0.674.